The molecule has 9 nitrogen and oxygen atoms in total. The van der Waals surface area contributed by atoms with Gasteiger partial charge in [0.25, 0.3) is 5.78 Å². The van der Waals surface area contributed by atoms with Crippen LogP contribution in [-0.2, 0) is 11.3 Å². The molecule has 9 heteroatoms. The van der Waals surface area contributed by atoms with Crippen molar-refractivity contribution in [2.24, 2.45) is 0 Å². The molecule has 142 valence electrons. The number of rotatable bonds is 5. The molecule has 1 aromatic carbocycles. The van der Waals surface area contributed by atoms with E-state index in [4.69, 9.17) is 0 Å². The van der Waals surface area contributed by atoms with E-state index in [0.717, 1.165) is 33.9 Å². The Labute approximate surface area is 161 Å². The molecule has 3 heterocycles. The average molecular weight is 376 g/mol. The third-order valence-corrected chi connectivity index (χ3v) is 4.69. The van der Waals surface area contributed by atoms with Crippen molar-refractivity contribution in [1.29, 1.82) is 0 Å². The van der Waals surface area contributed by atoms with Crippen LogP contribution in [0.5, 0.6) is 0 Å². The van der Waals surface area contributed by atoms with Crippen molar-refractivity contribution in [2.75, 3.05) is 5.32 Å². The molecule has 0 saturated heterocycles. The predicted octanol–water partition coefficient (Wildman–Crippen LogP) is 2.34. The minimum Gasteiger partial charge on any atom is -0.326 e. The van der Waals surface area contributed by atoms with E-state index in [9.17, 15) is 4.79 Å². The van der Waals surface area contributed by atoms with Gasteiger partial charge in [-0.15, -0.1) is 5.10 Å². The van der Waals surface area contributed by atoms with E-state index in [2.05, 4.69) is 30.6 Å². The molecule has 3 aromatic heterocycles. The molecular weight excluding hydrogens is 356 g/mol. The maximum absolute atomic E-state index is 12.2. The monoisotopic (exact) mass is 376 g/mol. The Kier molecular flexibility index (Phi) is 4.56. The lowest BCUT2D eigenvalue weighted by Gasteiger charge is -2.09. The van der Waals surface area contributed by atoms with Gasteiger partial charge in [-0.2, -0.15) is 10.2 Å². The van der Waals surface area contributed by atoms with E-state index in [1.807, 2.05) is 49.6 Å². The van der Waals surface area contributed by atoms with Crippen LogP contribution in [0.25, 0.3) is 17.0 Å². The second kappa shape index (κ2) is 7.18. The van der Waals surface area contributed by atoms with E-state index < -0.39 is 0 Å². The molecular formula is C19H20N8O. The van der Waals surface area contributed by atoms with Gasteiger partial charge >= 0.3 is 0 Å². The summed E-state index contributed by atoms with van der Waals surface area (Å²) in [5, 5.41) is 15.2. The first-order chi connectivity index (χ1) is 13.5. The van der Waals surface area contributed by atoms with Crippen LogP contribution in [0.15, 0.2) is 37.1 Å². The molecule has 4 aromatic rings. The van der Waals surface area contributed by atoms with Gasteiger partial charge in [0.15, 0.2) is 0 Å². The number of fused-ring (bicyclic) bond motifs is 1. The largest absolute Gasteiger partial charge is 0.326 e. The first-order valence-corrected chi connectivity index (χ1v) is 8.93. The van der Waals surface area contributed by atoms with E-state index in [0.29, 0.717) is 18.7 Å². The average Bonchev–Trinajstić information content (AvgIpc) is 3.35. The molecule has 1 N–H and O–H groups in total. The number of hydrogen-bond acceptors (Lipinski definition) is 6. The van der Waals surface area contributed by atoms with Crippen molar-refractivity contribution >= 4 is 17.4 Å². The number of imidazole rings is 1. The quantitative estimate of drug-likeness (QED) is 0.573. The minimum absolute atomic E-state index is 0.0690. The molecule has 0 saturated carbocycles. The summed E-state index contributed by atoms with van der Waals surface area (Å²) in [5.41, 5.74) is 5.40. The highest BCUT2D eigenvalue weighted by atomic mass is 16.1. The standard InChI is InChI=1S/C19H20N8O/c1-12-8-15(17-9-27-14(3)13(2)24-25-19(27)23-17)4-5-16(12)22-18(28)6-7-26-11-20-10-21-26/h4-5,8-11H,6-7H2,1-3H3,(H,22,28). The van der Waals surface area contributed by atoms with Gasteiger partial charge in [-0.25, -0.2) is 9.97 Å². The molecule has 0 aliphatic carbocycles. The van der Waals surface area contributed by atoms with Crippen LogP contribution in [-0.4, -0.2) is 40.3 Å². The number of hydrogen-bond donors (Lipinski definition) is 1. The third kappa shape index (κ3) is 3.46. The number of nitrogens with zero attached hydrogens (tertiary/aromatic N) is 7. The molecule has 0 aliphatic heterocycles. The number of benzene rings is 1. The Bertz CT molecular complexity index is 1150. The van der Waals surface area contributed by atoms with Gasteiger partial charge in [-0.3, -0.25) is 13.9 Å². The van der Waals surface area contributed by atoms with Gasteiger partial charge in [-0.1, -0.05) is 6.07 Å². The first-order valence-electron chi connectivity index (χ1n) is 8.93. The number of carbonyl (C=O) groups is 1. The Morgan fingerprint density at radius 3 is 2.79 bits per heavy atom. The summed E-state index contributed by atoms with van der Waals surface area (Å²) in [4.78, 5) is 20.6. The fourth-order valence-electron chi connectivity index (χ4n) is 2.93. The Morgan fingerprint density at radius 1 is 1.18 bits per heavy atom. The topological polar surface area (TPSA) is 103 Å². The maximum Gasteiger partial charge on any atom is 0.254 e. The number of anilines is 1. The summed E-state index contributed by atoms with van der Waals surface area (Å²) in [7, 11) is 0. The Morgan fingerprint density at radius 2 is 2.04 bits per heavy atom. The van der Waals surface area contributed by atoms with Gasteiger partial charge in [0, 0.05) is 29.6 Å². The van der Waals surface area contributed by atoms with Gasteiger partial charge in [0.1, 0.15) is 12.7 Å². The summed E-state index contributed by atoms with van der Waals surface area (Å²) in [6.07, 6.45) is 5.33. The first kappa shape index (κ1) is 17.8. The van der Waals surface area contributed by atoms with Crippen molar-refractivity contribution in [2.45, 2.75) is 33.7 Å². The van der Waals surface area contributed by atoms with E-state index in [1.54, 1.807) is 11.0 Å². The number of aryl methyl sites for hydroxylation is 4. The van der Waals surface area contributed by atoms with Crippen LogP contribution in [0.4, 0.5) is 5.69 Å². The zero-order valence-electron chi connectivity index (χ0n) is 15.9. The lowest BCUT2D eigenvalue weighted by Crippen LogP contribution is -2.15. The highest BCUT2D eigenvalue weighted by Gasteiger charge is 2.11. The van der Waals surface area contributed by atoms with Crippen molar-refractivity contribution in [3.63, 3.8) is 0 Å². The summed E-state index contributed by atoms with van der Waals surface area (Å²) < 4.78 is 3.57. The van der Waals surface area contributed by atoms with Crippen molar-refractivity contribution in [3.8, 4) is 11.3 Å². The summed E-state index contributed by atoms with van der Waals surface area (Å²) >= 11 is 0. The highest BCUT2D eigenvalue weighted by molar-refractivity contribution is 5.91. The Hall–Kier alpha value is -3.62. The molecule has 4 rings (SSSR count). The molecule has 0 bridgehead atoms. The fraction of sp³-hybridized carbons (Fsp3) is 0.263. The van der Waals surface area contributed by atoms with Crippen LogP contribution < -0.4 is 5.32 Å². The van der Waals surface area contributed by atoms with Crippen LogP contribution in [0, 0.1) is 20.8 Å². The van der Waals surface area contributed by atoms with Gasteiger partial charge in [0.2, 0.25) is 5.91 Å². The SMILES string of the molecule is Cc1cc(-c2cn3c(C)c(C)nnc3n2)ccc1NC(=O)CCn1cncn1. The zero-order chi connectivity index (χ0) is 19.7. The van der Waals surface area contributed by atoms with Crippen LogP contribution in [0.2, 0.25) is 0 Å². The minimum atomic E-state index is -0.0690. The summed E-state index contributed by atoms with van der Waals surface area (Å²) in [6, 6.07) is 5.84. The van der Waals surface area contributed by atoms with Gasteiger partial charge < -0.3 is 5.32 Å². The van der Waals surface area contributed by atoms with Crippen molar-refractivity contribution < 1.29 is 4.79 Å². The predicted molar refractivity (Wildman–Crippen MR) is 104 cm³/mol. The van der Waals surface area contributed by atoms with Crippen molar-refractivity contribution in [3.05, 3.63) is 54.0 Å². The highest BCUT2D eigenvalue weighted by Crippen LogP contribution is 2.25. The molecule has 0 radical (unpaired) electrons. The normalized spacial score (nSPS) is 11.1. The summed E-state index contributed by atoms with van der Waals surface area (Å²) in [6.45, 7) is 6.36. The van der Waals surface area contributed by atoms with E-state index in [-0.39, 0.29) is 5.91 Å². The Balaban J connectivity index is 1.51. The summed E-state index contributed by atoms with van der Waals surface area (Å²) in [5.74, 6) is 0.502. The maximum atomic E-state index is 12.2. The fourth-order valence-corrected chi connectivity index (χ4v) is 2.93. The van der Waals surface area contributed by atoms with Crippen LogP contribution >= 0.6 is 0 Å². The van der Waals surface area contributed by atoms with Crippen LogP contribution in [0.3, 0.4) is 0 Å². The molecule has 0 unspecified atom stereocenters. The molecule has 0 aliphatic rings. The molecule has 1 amide bonds. The molecule has 28 heavy (non-hydrogen) atoms. The lowest BCUT2D eigenvalue weighted by molar-refractivity contribution is -0.116. The zero-order valence-corrected chi connectivity index (χ0v) is 15.9. The van der Waals surface area contributed by atoms with Gasteiger partial charge in [-0.05, 0) is 38.5 Å². The number of amides is 1. The second-order valence-corrected chi connectivity index (χ2v) is 6.65. The van der Waals surface area contributed by atoms with Crippen LogP contribution in [0.1, 0.15) is 23.4 Å². The molecule has 0 atom stereocenters. The second-order valence-electron chi connectivity index (χ2n) is 6.65. The number of carbonyl (C=O) groups excluding carboxylic acids is 1. The smallest absolute Gasteiger partial charge is 0.254 e. The van der Waals surface area contributed by atoms with Gasteiger partial charge in [0.05, 0.1) is 17.9 Å². The van der Waals surface area contributed by atoms with E-state index in [1.165, 1.54) is 6.33 Å². The lowest BCUT2D eigenvalue weighted by atomic mass is 10.1. The molecule has 0 fully saturated rings. The third-order valence-electron chi connectivity index (χ3n) is 4.69. The molecule has 0 spiro atoms. The number of aromatic nitrogens is 7. The van der Waals surface area contributed by atoms with Crippen molar-refractivity contribution in [1.82, 2.24) is 34.3 Å². The number of nitrogens with one attached hydrogen (secondary N) is 1. The van der Waals surface area contributed by atoms with E-state index >= 15 is 0 Å².